The van der Waals surface area contributed by atoms with Crippen LogP contribution < -0.4 is 19.6 Å². The van der Waals surface area contributed by atoms with Gasteiger partial charge in [-0.25, -0.2) is 9.38 Å². The maximum atomic E-state index is 13.0. The van der Waals surface area contributed by atoms with Crippen molar-refractivity contribution in [1.82, 2.24) is 9.38 Å². The van der Waals surface area contributed by atoms with Gasteiger partial charge in [-0.3, -0.25) is 4.79 Å². The molecule has 2 aromatic carbocycles. The summed E-state index contributed by atoms with van der Waals surface area (Å²) in [7, 11) is 2.93. The van der Waals surface area contributed by atoms with Gasteiger partial charge < -0.3 is 14.6 Å². The van der Waals surface area contributed by atoms with E-state index in [2.05, 4.69) is 4.98 Å². The van der Waals surface area contributed by atoms with Crippen molar-refractivity contribution in [3.63, 3.8) is 0 Å². The van der Waals surface area contributed by atoms with Crippen LogP contribution in [0.1, 0.15) is 16.7 Å². The number of phenolic OH excluding ortho intramolecular Hbond substituents is 1. The number of hydrogen-bond donors (Lipinski definition) is 1. The third-order valence-electron chi connectivity index (χ3n) is 4.74. The normalized spacial score (nSPS) is 12.2. The molecule has 138 valence electrons. The second-order valence-electron chi connectivity index (χ2n) is 6.29. The minimum atomic E-state index is -0.119. The van der Waals surface area contributed by atoms with Gasteiger partial charge in [-0.05, 0) is 54.8 Å². The number of aromatic nitrogens is 2. The Morgan fingerprint density at radius 3 is 2.44 bits per heavy atom. The molecule has 0 fully saturated rings. The molecule has 7 heteroatoms. The average Bonchev–Trinajstić information content (AvgIpc) is 3.17. The zero-order valence-electron chi connectivity index (χ0n) is 15.4. The zero-order valence-corrected chi connectivity index (χ0v) is 16.2. The van der Waals surface area contributed by atoms with Crippen LogP contribution in [-0.4, -0.2) is 28.7 Å². The highest BCUT2D eigenvalue weighted by atomic mass is 32.1. The summed E-state index contributed by atoms with van der Waals surface area (Å²) in [5.41, 5.74) is 4.48. The fraction of sp³-hybridized carbons (Fsp3) is 0.200. The van der Waals surface area contributed by atoms with E-state index in [4.69, 9.17) is 9.47 Å². The number of hydrogen-bond acceptors (Lipinski definition) is 6. The standard InChI is InChI=1S/C20H18N2O4S/c1-10-5-6-13-17(11(10)2)21-20-22(13)19(24)16(27-20)9-12-7-14(25-3)18(23)15(8-12)26-4/h5-9,23H,1-4H3/b16-9-. The number of rotatable bonds is 3. The highest BCUT2D eigenvalue weighted by Crippen LogP contribution is 2.37. The van der Waals surface area contributed by atoms with E-state index in [1.807, 2.05) is 26.0 Å². The molecule has 1 N–H and O–H groups in total. The van der Waals surface area contributed by atoms with Crippen LogP contribution >= 0.6 is 11.3 Å². The van der Waals surface area contributed by atoms with E-state index >= 15 is 0 Å². The van der Waals surface area contributed by atoms with Crippen LogP contribution in [0.25, 0.3) is 22.1 Å². The number of nitrogens with zero attached hydrogens (tertiary/aromatic N) is 2. The SMILES string of the molecule is COc1cc(/C=c2\sc3nc4c(C)c(C)ccc4n3c2=O)cc(OC)c1O. The number of methoxy groups -OCH3 is 2. The van der Waals surface area contributed by atoms with Crippen LogP contribution in [0.15, 0.2) is 29.1 Å². The van der Waals surface area contributed by atoms with Crippen LogP contribution in [0.4, 0.5) is 0 Å². The molecule has 0 amide bonds. The highest BCUT2D eigenvalue weighted by Gasteiger charge is 2.14. The second-order valence-corrected chi connectivity index (χ2v) is 7.30. The summed E-state index contributed by atoms with van der Waals surface area (Å²) in [6, 6.07) is 7.25. The molecule has 0 atom stereocenters. The van der Waals surface area contributed by atoms with Gasteiger partial charge in [-0.2, -0.15) is 0 Å². The molecule has 0 saturated carbocycles. The first-order valence-corrected chi connectivity index (χ1v) is 9.14. The molecule has 2 heterocycles. The van der Waals surface area contributed by atoms with Gasteiger partial charge in [0.2, 0.25) is 5.75 Å². The highest BCUT2D eigenvalue weighted by molar-refractivity contribution is 7.15. The average molecular weight is 382 g/mol. The van der Waals surface area contributed by atoms with Crippen molar-refractivity contribution in [1.29, 1.82) is 0 Å². The minimum Gasteiger partial charge on any atom is -0.502 e. The zero-order chi connectivity index (χ0) is 19.3. The molecule has 27 heavy (non-hydrogen) atoms. The molecule has 0 unspecified atom stereocenters. The number of ether oxygens (including phenoxy) is 2. The molecule has 0 aliphatic carbocycles. The number of aryl methyl sites for hydroxylation is 2. The summed E-state index contributed by atoms with van der Waals surface area (Å²) in [4.78, 5) is 18.3. The predicted molar refractivity (Wildman–Crippen MR) is 106 cm³/mol. The third-order valence-corrected chi connectivity index (χ3v) is 5.70. The quantitative estimate of drug-likeness (QED) is 0.590. The van der Waals surface area contributed by atoms with Crippen LogP contribution in [0.5, 0.6) is 17.2 Å². The molecule has 0 radical (unpaired) electrons. The fourth-order valence-electron chi connectivity index (χ4n) is 3.11. The summed E-state index contributed by atoms with van der Waals surface area (Å²) in [6.07, 6.45) is 1.75. The molecule has 4 rings (SSSR count). The number of phenols is 1. The topological polar surface area (TPSA) is 73.1 Å². The summed E-state index contributed by atoms with van der Waals surface area (Å²) in [6.45, 7) is 4.05. The Kier molecular flexibility index (Phi) is 4.04. The third kappa shape index (κ3) is 2.62. The summed E-state index contributed by atoms with van der Waals surface area (Å²) in [5, 5.41) is 10.0. The van der Waals surface area contributed by atoms with E-state index in [-0.39, 0.29) is 22.8 Å². The molecule has 0 aliphatic heterocycles. The number of thiazole rings is 1. The van der Waals surface area contributed by atoms with Gasteiger partial charge in [0.25, 0.3) is 5.56 Å². The molecule has 0 saturated heterocycles. The van der Waals surface area contributed by atoms with Crippen LogP contribution in [0, 0.1) is 13.8 Å². The Morgan fingerprint density at radius 1 is 1.15 bits per heavy atom. The Hall–Kier alpha value is -3.06. The van der Waals surface area contributed by atoms with E-state index in [0.29, 0.717) is 15.1 Å². The first-order valence-electron chi connectivity index (χ1n) is 8.32. The molecule has 0 spiro atoms. The minimum absolute atomic E-state index is 0.0719. The van der Waals surface area contributed by atoms with Crippen molar-refractivity contribution >= 4 is 33.4 Å². The predicted octanol–water partition coefficient (Wildman–Crippen LogP) is 2.80. The Bertz CT molecular complexity index is 1280. The first-order chi connectivity index (χ1) is 12.9. The summed E-state index contributed by atoms with van der Waals surface area (Å²) < 4.78 is 12.6. The lowest BCUT2D eigenvalue weighted by Crippen LogP contribution is -2.22. The van der Waals surface area contributed by atoms with Crippen molar-refractivity contribution in [2.45, 2.75) is 13.8 Å². The van der Waals surface area contributed by atoms with Crippen molar-refractivity contribution in [3.8, 4) is 17.2 Å². The molecule has 2 aromatic heterocycles. The van der Waals surface area contributed by atoms with Crippen molar-refractivity contribution < 1.29 is 14.6 Å². The summed E-state index contributed by atoms with van der Waals surface area (Å²) >= 11 is 1.33. The largest absolute Gasteiger partial charge is 0.502 e. The number of imidazole rings is 1. The van der Waals surface area contributed by atoms with Gasteiger partial charge in [-0.1, -0.05) is 17.4 Å². The molecule has 6 nitrogen and oxygen atoms in total. The molecule has 0 aliphatic rings. The molecule has 0 bridgehead atoms. The number of benzene rings is 2. The summed E-state index contributed by atoms with van der Waals surface area (Å²) in [5.74, 6) is 0.495. The van der Waals surface area contributed by atoms with Crippen LogP contribution in [-0.2, 0) is 0 Å². The smallest absolute Gasteiger partial charge is 0.274 e. The van der Waals surface area contributed by atoms with Crippen molar-refractivity contribution in [3.05, 3.63) is 55.8 Å². The number of aromatic hydroxyl groups is 1. The van der Waals surface area contributed by atoms with Gasteiger partial charge in [0.15, 0.2) is 16.5 Å². The lowest BCUT2D eigenvalue weighted by Gasteiger charge is -2.09. The second kappa shape index (κ2) is 6.28. The first kappa shape index (κ1) is 17.4. The Labute approximate surface area is 158 Å². The van der Waals surface area contributed by atoms with E-state index in [9.17, 15) is 9.90 Å². The van der Waals surface area contributed by atoms with Gasteiger partial charge in [0.1, 0.15) is 0 Å². The maximum absolute atomic E-state index is 13.0. The lowest BCUT2D eigenvalue weighted by molar-refractivity contribution is 0.340. The van der Waals surface area contributed by atoms with Gasteiger partial charge in [-0.15, -0.1) is 0 Å². The van der Waals surface area contributed by atoms with E-state index in [0.717, 1.165) is 22.2 Å². The molecule has 4 aromatic rings. The Morgan fingerprint density at radius 2 is 1.81 bits per heavy atom. The molecular formula is C20H18N2O4S. The maximum Gasteiger partial charge on any atom is 0.274 e. The fourth-order valence-corrected chi connectivity index (χ4v) is 4.09. The van der Waals surface area contributed by atoms with Gasteiger partial charge >= 0.3 is 0 Å². The lowest BCUT2D eigenvalue weighted by atomic mass is 10.1. The van der Waals surface area contributed by atoms with Gasteiger partial charge in [0, 0.05) is 0 Å². The van der Waals surface area contributed by atoms with Crippen molar-refractivity contribution in [2.75, 3.05) is 14.2 Å². The molecular weight excluding hydrogens is 364 g/mol. The van der Waals surface area contributed by atoms with Crippen LogP contribution in [0.3, 0.4) is 0 Å². The van der Waals surface area contributed by atoms with E-state index in [1.165, 1.54) is 25.6 Å². The van der Waals surface area contributed by atoms with E-state index in [1.54, 1.807) is 22.6 Å². The van der Waals surface area contributed by atoms with Gasteiger partial charge in [0.05, 0.1) is 29.8 Å². The van der Waals surface area contributed by atoms with Crippen LogP contribution in [0.2, 0.25) is 0 Å². The monoisotopic (exact) mass is 382 g/mol. The van der Waals surface area contributed by atoms with Crippen molar-refractivity contribution in [2.24, 2.45) is 0 Å². The van der Waals surface area contributed by atoms with E-state index < -0.39 is 0 Å². The Balaban J connectivity index is 1.96. The number of fused-ring (bicyclic) bond motifs is 3.